The van der Waals surface area contributed by atoms with Crippen LogP contribution in [0.4, 0.5) is 0 Å². The fraction of sp³-hybridized carbons (Fsp3) is 0.625. The molecule has 0 nitrogen and oxygen atoms in total. The van der Waals surface area contributed by atoms with Crippen LogP contribution in [-0.4, -0.2) is 0 Å². The molecule has 0 radical (unpaired) electrons. The predicted molar refractivity (Wildman–Crippen MR) is 139 cm³/mol. The maximum atomic E-state index is 2.46. The molecule has 2 aliphatic rings. The van der Waals surface area contributed by atoms with Crippen LogP contribution in [0.2, 0.25) is 0 Å². The lowest BCUT2D eigenvalue weighted by atomic mass is 9.75. The highest BCUT2D eigenvalue weighted by molar-refractivity contribution is 5.26. The summed E-state index contributed by atoms with van der Waals surface area (Å²) < 4.78 is 0. The van der Waals surface area contributed by atoms with Gasteiger partial charge in [0.25, 0.3) is 0 Å². The monoisotopic (exact) mass is 430 g/mol. The quantitative estimate of drug-likeness (QED) is 0.371. The van der Waals surface area contributed by atoms with Gasteiger partial charge in [0, 0.05) is 0 Å². The van der Waals surface area contributed by atoms with Crippen LogP contribution >= 0.6 is 0 Å². The van der Waals surface area contributed by atoms with Gasteiger partial charge in [0.2, 0.25) is 0 Å². The second kappa shape index (κ2) is 12.1. The smallest absolute Gasteiger partial charge is 0.0162 e. The Morgan fingerprint density at radius 3 is 1.91 bits per heavy atom. The Labute approximate surface area is 198 Å². The van der Waals surface area contributed by atoms with Crippen LogP contribution in [0.5, 0.6) is 0 Å². The van der Waals surface area contributed by atoms with Crippen LogP contribution in [0, 0.1) is 17.8 Å². The first-order valence-corrected chi connectivity index (χ1v) is 13.8. The van der Waals surface area contributed by atoms with Crippen molar-refractivity contribution in [3.63, 3.8) is 0 Å². The van der Waals surface area contributed by atoms with E-state index < -0.39 is 0 Å². The summed E-state index contributed by atoms with van der Waals surface area (Å²) in [5.74, 6) is 4.41. The second-order valence-electron chi connectivity index (χ2n) is 11.2. The standard InChI is InChI=1S/C32H46/c1-3-7-26-10-12-27(13-11-26)14-15-28-16-20-31(21-17-28)32-22-18-29(19-23-32)24-25(2)30-8-5-4-6-9-30/h4-6,8-9,16-17,20-21,25-27,29,32H,3,7,10-15,18-19,22-24H2,1-2H3/t25-,26?,27?,29?,32?/m0/s1. The summed E-state index contributed by atoms with van der Waals surface area (Å²) >= 11 is 0. The Hall–Kier alpha value is -1.56. The Balaban J connectivity index is 1.18. The third-order valence-corrected chi connectivity index (χ3v) is 8.86. The summed E-state index contributed by atoms with van der Waals surface area (Å²) in [6.45, 7) is 4.75. The summed E-state index contributed by atoms with van der Waals surface area (Å²) in [5.41, 5.74) is 4.68. The molecule has 1 atom stereocenters. The summed E-state index contributed by atoms with van der Waals surface area (Å²) in [7, 11) is 0. The Bertz CT molecular complexity index is 757. The van der Waals surface area contributed by atoms with Gasteiger partial charge in [-0.25, -0.2) is 0 Å². The average Bonchev–Trinajstić information content (AvgIpc) is 2.85. The van der Waals surface area contributed by atoms with Crippen molar-refractivity contribution >= 4 is 0 Å². The molecule has 2 aromatic carbocycles. The van der Waals surface area contributed by atoms with Gasteiger partial charge < -0.3 is 0 Å². The van der Waals surface area contributed by atoms with E-state index in [4.69, 9.17) is 0 Å². The zero-order valence-corrected chi connectivity index (χ0v) is 20.8. The molecule has 0 spiro atoms. The molecule has 0 heteroatoms. The molecule has 0 bridgehead atoms. The van der Waals surface area contributed by atoms with Crippen LogP contribution in [-0.2, 0) is 6.42 Å². The molecule has 0 N–H and O–H groups in total. The molecule has 32 heavy (non-hydrogen) atoms. The molecule has 0 aromatic heterocycles. The molecule has 174 valence electrons. The van der Waals surface area contributed by atoms with Crippen molar-refractivity contribution in [2.75, 3.05) is 0 Å². The fourth-order valence-electron chi connectivity index (χ4n) is 6.69. The van der Waals surface area contributed by atoms with E-state index in [0.29, 0.717) is 5.92 Å². The summed E-state index contributed by atoms with van der Waals surface area (Å²) in [6.07, 6.45) is 18.4. The van der Waals surface area contributed by atoms with Crippen molar-refractivity contribution in [3.05, 3.63) is 71.3 Å². The zero-order chi connectivity index (χ0) is 22.2. The molecule has 2 aromatic rings. The fourth-order valence-corrected chi connectivity index (χ4v) is 6.69. The van der Waals surface area contributed by atoms with Gasteiger partial charge in [-0.1, -0.05) is 107 Å². The maximum absolute atomic E-state index is 2.46. The minimum atomic E-state index is 0.693. The molecular formula is C32H46. The molecule has 0 heterocycles. The molecule has 2 fully saturated rings. The number of hydrogen-bond acceptors (Lipinski definition) is 0. The zero-order valence-electron chi connectivity index (χ0n) is 20.8. The summed E-state index contributed by atoms with van der Waals surface area (Å²) in [6, 6.07) is 20.9. The molecule has 0 amide bonds. The first-order valence-electron chi connectivity index (χ1n) is 13.8. The number of benzene rings is 2. The van der Waals surface area contributed by atoms with Gasteiger partial charge in [-0.2, -0.15) is 0 Å². The molecule has 2 saturated carbocycles. The topological polar surface area (TPSA) is 0 Å². The highest BCUT2D eigenvalue weighted by Gasteiger charge is 2.24. The van der Waals surface area contributed by atoms with Gasteiger partial charge >= 0.3 is 0 Å². The minimum Gasteiger partial charge on any atom is -0.0654 e. The first kappa shape index (κ1) is 23.6. The third-order valence-electron chi connectivity index (χ3n) is 8.86. The third kappa shape index (κ3) is 6.72. The number of hydrogen-bond donors (Lipinski definition) is 0. The van der Waals surface area contributed by atoms with E-state index in [9.17, 15) is 0 Å². The number of rotatable bonds is 9. The van der Waals surface area contributed by atoms with Crippen molar-refractivity contribution in [1.29, 1.82) is 0 Å². The summed E-state index contributed by atoms with van der Waals surface area (Å²) in [4.78, 5) is 0. The predicted octanol–water partition coefficient (Wildman–Crippen LogP) is 9.69. The van der Waals surface area contributed by atoms with Gasteiger partial charge in [0.15, 0.2) is 0 Å². The van der Waals surface area contributed by atoms with Gasteiger partial charge in [-0.05, 0) is 91.2 Å². The van der Waals surface area contributed by atoms with Crippen molar-refractivity contribution in [3.8, 4) is 0 Å². The van der Waals surface area contributed by atoms with E-state index in [1.54, 1.807) is 11.1 Å². The van der Waals surface area contributed by atoms with E-state index in [2.05, 4.69) is 68.4 Å². The highest BCUT2D eigenvalue weighted by Crippen LogP contribution is 2.40. The first-order chi connectivity index (χ1) is 15.7. The van der Waals surface area contributed by atoms with Crippen LogP contribution in [0.1, 0.15) is 119 Å². The maximum Gasteiger partial charge on any atom is -0.0162 e. The van der Waals surface area contributed by atoms with E-state index in [1.165, 1.54) is 89.0 Å². The Kier molecular flexibility index (Phi) is 8.89. The molecule has 2 aliphatic carbocycles. The van der Waals surface area contributed by atoms with Gasteiger partial charge in [-0.15, -0.1) is 0 Å². The average molecular weight is 431 g/mol. The highest BCUT2D eigenvalue weighted by atomic mass is 14.3. The molecule has 0 aliphatic heterocycles. The molecular weight excluding hydrogens is 384 g/mol. The number of aryl methyl sites for hydroxylation is 1. The van der Waals surface area contributed by atoms with Crippen molar-refractivity contribution in [2.24, 2.45) is 17.8 Å². The second-order valence-corrected chi connectivity index (χ2v) is 11.2. The SMILES string of the molecule is CCCC1CCC(CCc2ccc(C3CCC(C[C@H](C)c4ccccc4)CC3)cc2)CC1. The van der Waals surface area contributed by atoms with Crippen LogP contribution in [0.3, 0.4) is 0 Å². The minimum absolute atomic E-state index is 0.693. The lowest BCUT2D eigenvalue weighted by Gasteiger charge is -2.30. The van der Waals surface area contributed by atoms with E-state index >= 15 is 0 Å². The van der Waals surface area contributed by atoms with Gasteiger partial charge in [0.1, 0.15) is 0 Å². The lowest BCUT2D eigenvalue weighted by molar-refractivity contribution is 0.252. The molecule has 0 saturated heterocycles. The molecule has 4 rings (SSSR count). The Morgan fingerprint density at radius 1 is 0.688 bits per heavy atom. The van der Waals surface area contributed by atoms with E-state index in [-0.39, 0.29) is 0 Å². The van der Waals surface area contributed by atoms with Crippen LogP contribution in [0.25, 0.3) is 0 Å². The molecule has 0 unspecified atom stereocenters. The lowest BCUT2D eigenvalue weighted by Crippen LogP contribution is -2.15. The Morgan fingerprint density at radius 2 is 1.28 bits per heavy atom. The van der Waals surface area contributed by atoms with Crippen molar-refractivity contribution in [2.45, 2.75) is 109 Å². The van der Waals surface area contributed by atoms with Crippen molar-refractivity contribution in [1.82, 2.24) is 0 Å². The normalized spacial score (nSPS) is 27.2. The van der Waals surface area contributed by atoms with E-state index in [1.807, 2.05) is 0 Å². The van der Waals surface area contributed by atoms with Gasteiger partial charge in [0.05, 0.1) is 0 Å². The van der Waals surface area contributed by atoms with Crippen LogP contribution in [0.15, 0.2) is 54.6 Å². The van der Waals surface area contributed by atoms with Crippen molar-refractivity contribution < 1.29 is 0 Å². The van der Waals surface area contributed by atoms with Crippen LogP contribution < -0.4 is 0 Å². The largest absolute Gasteiger partial charge is 0.0654 e. The van der Waals surface area contributed by atoms with E-state index in [0.717, 1.165) is 23.7 Å². The summed E-state index contributed by atoms with van der Waals surface area (Å²) in [5, 5.41) is 0. The van der Waals surface area contributed by atoms with Gasteiger partial charge in [-0.3, -0.25) is 0 Å².